The van der Waals surface area contributed by atoms with Gasteiger partial charge >= 0.3 is 0 Å². The van der Waals surface area contributed by atoms with Crippen LogP contribution in [-0.2, 0) is 4.79 Å². The van der Waals surface area contributed by atoms with E-state index < -0.39 is 0 Å². The van der Waals surface area contributed by atoms with E-state index in [1.54, 1.807) is 0 Å². The molecule has 1 fully saturated rings. The highest BCUT2D eigenvalue weighted by Gasteiger charge is 2.30. The number of hydrogen-bond donors (Lipinski definition) is 0. The summed E-state index contributed by atoms with van der Waals surface area (Å²) in [6.07, 6.45) is 0. The second-order valence-electron chi connectivity index (χ2n) is 7.95. The van der Waals surface area contributed by atoms with E-state index in [4.69, 9.17) is 0 Å². The standard InChI is InChI=1S/C26H29N3O2/c1-3-29(24-15-9-13-21-10-7-8-14-23(21)24)25(30)20(2)27-16-18-28(19-17-27)26(31)22-11-5-4-6-12-22/h4-15,20H,3,16-19H2,1-2H3/t20-/m1/s1. The van der Waals surface area contributed by atoms with E-state index in [9.17, 15) is 9.59 Å². The molecule has 3 aromatic carbocycles. The Hall–Kier alpha value is -3.18. The van der Waals surface area contributed by atoms with Crippen molar-refractivity contribution in [2.24, 2.45) is 0 Å². The lowest BCUT2D eigenvalue weighted by Crippen LogP contribution is -2.55. The van der Waals surface area contributed by atoms with Crippen molar-refractivity contribution in [3.8, 4) is 0 Å². The number of piperazine rings is 1. The highest BCUT2D eigenvalue weighted by atomic mass is 16.2. The van der Waals surface area contributed by atoms with Crippen molar-refractivity contribution in [2.75, 3.05) is 37.6 Å². The van der Waals surface area contributed by atoms with E-state index in [0.29, 0.717) is 38.3 Å². The van der Waals surface area contributed by atoms with Crippen LogP contribution in [0.15, 0.2) is 72.8 Å². The molecule has 31 heavy (non-hydrogen) atoms. The summed E-state index contributed by atoms with van der Waals surface area (Å²) in [6.45, 7) is 7.26. The number of fused-ring (bicyclic) bond motifs is 1. The molecule has 160 valence electrons. The van der Waals surface area contributed by atoms with E-state index >= 15 is 0 Å². The third kappa shape index (κ3) is 4.32. The number of hydrogen-bond acceptors (Lipinski definition) is 3. The zero-order chi connectivity index (χ0) is 21.8. The van der Waals surface area contributed by atoms with E-state index in [2.05, 4.69) is 23.1 Å². The lowest BCUT2D eigenvalue weighted by atomic mass is 10.1. The molecule has 5 heteroatoms. The lowest BCUT2D eigenvalue weighted by molar-refractivity contribution is -0.123. The zero-order valence-electron chi connectivity index (χ0n) is 18.2. The Kier molecular flexibility index (Phi) is 6.33. The first kappa shape index (κ1) is 21.1. The molecule has 0 unspecified atom stereocenters. The molecule has 1 aliphatic rings. The average molecular weight is 416 g/mol. The van der Waals surface area contributed by atoms with Crippen molar-refractivity contribution >= 4 is 28.3 Å². The van der Waals surface area contributed by atoms with Crippen LogP contribution >= 0.6 is 0 Å². The van der Waals surface area contributed by atoms with Gasteiger partial charge in [-0.3, -0.25) is 14.5 Å². The van der Waals surface area contributed by atoms with Gasteiger partial charge in [0.1, 0.15) is 0 Å². The Bertz CT molecular complexity index is 1050. The molecule has 1 saturated heterocycles. The predicted molar refractivity (Wildman–Crippen MR) is 125 cm³/mol. The molecule has 1 heterocycles. The summed E-state index contributed by atoms with van der Waals surface area (Å²) < 4.78 is 0. The molecule has 1 aliphatic heterocycles. The number of carbonyl (C=O) groups is 2. The van der Waals surface area contributed by atoms with Gasteiger partial charge in [-0.05, 0) is 37.4 Å². The molecule has 4 rings (SSSR count). The molecule has 0 aliphatic carbocycles. The van der Waals surface area contributed by atoms with Gasteiger partial charge in [-0.25, -0.2) is 0 Å². The van der Waals surface area contributed by atoms with Crippen LogP contribution in [-0.4, -0.2) is 60.4 Å². The maximum atomic E-state index is 13.5. The van der Waals surface area contributed by atoms with Gasteiger partial charge in [-0.1, -0.05) is 54.6 Å². The molecule has 3 aromatic rings. The Morgan fingerprint density at radius 2 is 1.52 bits per heavy atom. The topological polar surface area (TPSA) is 43.9 Å². The molecule has 2 amide bonds. The fraction of sp³-hybridized carbons (Fsp3) is 0.308. The third-order valence-electron chi connectivity index (χ3n) is 6.17. The summed E-state index contributed by atoms with van der Waals surface area (Å²) in [5, 5.41) is 2.22. The Morgan fingerprint density at radius 3 is 2.23 bits per heavy atom. The minimum absolute atomic E-state index is 0.0603. The van der Waals surface area contributed by atoms with Gasteiger partial charge in [0.2, 0.25) is 5.91 Å². The molecular formula is C26H29N3O2. The van der Waals surface area contributed by atoms with Crippen molar-refractivity contribution in [2.45, 2.75) is 19.9 Å². The Morgan fingerprint density at radius 1 is 0.871 bits per heavy atom. The smallest absolute Gasteiger partial charge is 0.253 e. The SMILES string of the molecule is CCN(C(=O)[C@@H](C)N1CCN(C(=O)c2ccccc2)CC1)c1cccc2ccccc12. The van der Waals surface area contributed by atoms with Crippen molar-refractivity contribution in [1.29, 1.82) is 0 Å². The number of likely N-dealkylation sites (N-methyl/N-ethyl adjacent to an activating group) is 1. The first-order valence-electron chi connectivity index (χ1n) is 11.0. The second-order valence-corrected chi connectivity index (χ2v) is 7.95. The number of anilines is 1. The summed E-state index contributed by atoms with van der Waals surface area (Å²) in [4.78, 5) is 32.1. The Balaban J connectivity index is 1.45. The fourth-order valence-corrected chi connectivity index (χ4v) is 4.35. The van der Waals surface area contributed by atoms with Crippen LogP contribution in [0.4, 0.5) is 5.69 Å². The van der Waals surface area contributed by atoms with Crippen LogP contribution in [0.2, 0.25) is 0 Å². The summed E-state index contributed by atoms with van der Waals surface area (Å²) in [6, 6.07) is 23.4. The number of carbonyl (C=O) groups excluding carboxylic acids is 2. The number of benzene rings is 3. The molecule has 0 bridgehead atoms. The maximum Gasteiger partial charge on any atom is 0.253 e. The largest absolute Gasteiger partial charge is 0.336 e. The summed E-state index contributed by atoms with van der Waals surface area (Å²) >= 11 is 0. The van der Waals surface area contributed by atoms with Crippen molar-refractivity contribution in [3.05, 3.63) is 78.4 Å². The van der Waals surface area contributed by atoms with E-state index in [1.165, 1.54) is 0 Å². The van der Waals surface area contributed by atoms with Gasteiger partial charge in [0.15, 0.2) is 0 Å². The van der Waals surface area contributed by atoms with Crippen LogP contribution in [0.1, 0.15) is 24.2 Å². The number of rotatable bonds is 5. The van der Waals surface area contributed by atoms with Gasteiger partial charge in [0.05, 0.1) is 11.7 Å². The van der Waals surface area contributed by atoms with Gasteiger partial charge in [-0.2, -0.15) is 0 Å². The maximum absolute atomic E-state index is 13.5. The van der Waals surface area contributed by atoms with Crippen LogP contribution in [0.25, 0.3) is 10.8 Å². The first-order valence-corrected chi connectivity index (χ1v) is 11.0. The fourth-order valence-electron chi connectivity index (χ4n) is 4.35. The van der Waals surface area contributed by atoms with Crippen LogP contribution in [0.5, 0.6) is 0 Å². The lowest BCUT2D eigenvalue weighted by Gasteiger charge is -2.39. The van der Waals surface area contributed by atoms with Gasteiger partial charge in [0, 0.05) is 43.7 Å². The molecule has 0 spiro atoms. The number of nitrogens with zero attached hydrogens (tertiary/aromatic N) is 3. The summed E-state index contributed by atoms with van der Waals surface area (Å²) in [5.74, 6) is 0.159. The van der Waals surface area contributed by atoms with Crippen molar-refractivity contribution in [3.63, 3.8) is 0 Å². The third-order valence-corrected chi connectivity index (χ3v) is 6.17. The molecular weight excluding hydrogens is 386 g/mol. The van der Waals surface area contributed by atoms with Crippen molar-refractivity contribution < 1.29 is 9.59 Å². The highest BCUT2D eigenvalue weighted by molar-refractivity contribution is 6.05. The van der Waals surface area contributed by atoms with Gasteiger partial charge in [-0.15, -0.1) is 0 Å². The van der Waals surface area contributed by atoms with Crippen LogP contribution in [0, 0.1) is 0 Å². The minimum Gasteiger partial charge on any atom is -0.336 e. The second kappa shape index (κ2) is 9.31. The Labute approximate surface area is 183 Å². The van der Waals surface area contributed by atoms with E-state index in [0.717, 1.165) is 16.5 Å². The average Bonchev–Trinajstić information content (AvgIpc) is 2.84. The molecule has 1 atom stereocenters. The first-order chi connectivity index (χ1) is 15.1. The van der Waals surface area contributed by atoms with Crippen molar-refractivity contribution in [1.82, 2.24) is 9.80 Å². The van der Waals surface area contributed by atoms with Gasteiger partial charge in [0.25, 0.3) is 5.91 Å². The quantitative estimate of drug-likeness (QED) is 0.632. The summed E-state index contributed by atoms with van der Waals surface area (Å²) in [7, 11) is 0. The molecule has 0 radical (unpaired) electrons. The van der Waals surface area contributed by atoms with Gasteiger partial charge < -0.3 is 9.80 Å². The molecule has 0 N–H and O–H groups in total. The molecule has 0 saturated carbocycles. The minimum atomic E-state index is -0.243. The molecule has 5 nitrogen and oxygen atoms in total. The monoisotopic (exact) mass is 415 g/mol. The van der Waals surface area contributed by atoms with Crippen LogP contribution < -0.4 is 4.90 Å². The highest BCUT2D eigenvalue weighted by Crippen LogP contribution is 2.27. The van der Waals surface area contributed by atoms with Crippen LogP contribution in [0.3, 0.4) is 0 Å². The zero-order valence-corrected chi connectivity index (χ0v) is 18.2. The van der Waals surface area contributed by atoms with E-state index in [-0.39, 0.29) is 17.9 Å². The molecule has 0 aromatic heterocycles. The normalized spacial score (nSPS) is 15.6. The summed E-state index contributed by atoms with van der Waals surface area (Å²) in [5.41, 5.74) is 1.67. The van der Waals surface area contributed by atoms with E-state index in [1.807, 2.05) is 78.2 Å². The predicted octanol–water partition coefficient (Wildman–Crippen LogP) is 4.04. The number of amides is 2.